The van der Waals surface area contributed by atoms with Crippen molar-refractivity contribution < 1.29 is 0 Å². The van der Waals surface area contributed by atoms with Crippen LogP contribution in [0.15, 0.2) is 32.5 Å². The first-order valence-electron chi connectivity index (χ1n) is 6.47. The number of rotatable bonds is 5. The molecule has 2 aromatic rings. The van der Waals surface area contributed by atoms with E-state index in [1.165, 1.54) is 10.4 Å². The van der Waals surface area contributed by atoms with Crippen LogP contribution >= 0.6 is 54.8 Å². The Labute approximate surface area is 146 Å². The Hall–Kier alpha value is 0.130. The number of aryl methyl sites for hydroxylation is 1. The highest BCUT2D eigenvalue weighted by atomic mass is 79.9. The maximum atomic E-state index is 6.44. The third-order valence-corrected chi connectivity index (χ3v) is 6.66. The third kappa shape index (κ3) is 3.86. The molecule has 0 spiro atoms. The lowest BCUT2D eigenvalue weighted by atomic mass is 10.0. The zero-order chi connectivity index (χ0) is 14.7. The summed E-state index contributed by atoms with van der Waals surface area (Å²) in [4.78, 5) is 1.25. The van der Waals surface area contributed by atoms with Crippen molar-refractivity contribution in [2.75, 3.05) is 6.54 Å². The van der Waals surface area contributed by atoms with Crippen LogP contribution in [-0.4, -0.2) is 6.54 Å². The van der Waals surface area contributed by atoms with E-state index >= 15 is 0 Å². The fraction of sp³-hybridized carbons (Fsp3) is 0.333. The molecule has 1 heterocycles. The minimum Gasteiger partial charge on any atom is -0.306 e. The number of halogens is 3. The van der Waals surface area contributed by atoms with Crippen molar-refractivity contribution >= 4 is 54.8 Å². The van der Waals surface area contributed by atoms with Crippen LogP contribution in [0.4, 0.5) is 0 Å². The van der Waals surface area contributed by atoms with Gasteiger partial charge in [-0.2, -0.15) is 0 Å². The smallest absolute Gasteiger partial charge is 0.0843 e. The molecule has 1 nitrogen and oxygen atoms in total. The van der Waals surface area contributed by atoms with E-state index in [-0.39, 0.29) is 6.04 Å². The Kier molecular flexibility index (Phi) is 6.11. The maximum absolute atomic E-state index is 6.44. The van der Waals surface area contributed by atoms with Gasteiger partial charge in [-0.1, -0.05) is 30.7 Å². The number of hydrogen-bond donors (Lipinski definition) is 1. The van der Waals surface area contributed by atoms with E-state index in [1.54, 1.807) is 11.3 Å². The van der Waals surface area contributed by atoms with Gasteiger partial charge in [0.1, 0.15) is 0 Å². The van der Waals surface area contributed by atoms with Crippen LogP contribution in [-0.2, 0) is 0 Å². The van der Waals surface area contributed by atoms with Gasteiger partial charge in [-0.3, -0.25) is 0 Å². The Morgan fingerprint density at radius 2 is 2.05 bits per heavy atom. The molecule has 0 aliphatic heterocycles. The second-order valence-corrected chi connectivity index (χ2v) is 8.35. The molecule has 5 heteroatoms. The molecule has 1 atom stereocenters. The van der Waals surface area contributed by atoms with Gasteiger partial charge in [0, 0.05) is 14.4 Å². The molecule has 0 saturated carbocycles. The fourth-order valence-electron chi connectivity index (χ4n) is 2.02. The van der Waals surface area contributed by atoms with Gasteiger partial charge in [0.15, 0.2) is 0 Å². The van der Waals surface area contributed by atoms with E-state index < -0.39 is 0 Å². The van der Waals surface area contributed by atoms with E-state index in [1.807, 2.05) is 6.07 Å². The molecule has 1 aromatic carbocycles. The molecule has 1 N–H and O–H groups in total. The van der Waals surface area contributed by atoms with Gasteiger partial charge in [0.25, 0.3) is 0 Å². The molecular formula is C15H16Br2ClNS. The van der Waals surface area contributed by atoms with Crippen molar-refractivity contribution in [1.29, 1.82) is 0 Å². The first-order chi connectivity index (χ1) is 9.52. The average Bonchev–Trinajstić information content (AvgIpc) is 2.72. The first kappa shape index (κ1) is 16.5. The quantitative estimate of drug-likeness (QED) is 0.577. The van der Waals surface area contributed by atoms with Crippen LogP contribution in [0.5, 0.6) is 0 Å². The van der Waals surface area contributed by atoms with E-state index in [2.05, 4.69) is 69.2 Å². The van der Waals surface area contributed by atoms with Crippen LogP contribution in [0.3, 0.4) is 0 Å². The SMILES string of the molecule is CCCNC(c1cc(Br)c(Br)s1)c1ccc(C)cc1Cl. The van der Waals surface area contributed by atoms with Crippen molar-refractivity contribution in [2.45, 2.75) is 26.3 Å². The molecule has 1 aromatic heterocycles. The minimum atomic E-state index is 0.135. The number of hydrogen-bond acceptors (Lipinski definition) is 2. The molecule has 0 fully saturated rings. The van der Waals surface area contributed by atoms with Crippen molar-refractivity contribution in [3.63, 3.8) is 0 Å². The zero-order valence-electron chi connectivity index (χ0n) is 11.3. The zero-order valence-corrected chi connectivity index (χ0v) is 16.1. The molecule has 0 aliphatic carbocycles. The minimum absolute atomic E-state index is 0.135. The lowest BCUT2D eigenvalue weighted by Gasteiger charge is -2.19. The van der Waals surface area contributed by atoms with E-state index in [9.17, 15) is 0 Å². The monoisotopic (exact) mass is 435 g/mol. The maximum Gasteiger partial charge on any atom is 0.0843 e. The summed E-state index contributed by atoms with van der Waals surface area (Å²) in [6.45, 7) is 5.19. The van der Waals surface area contributed by atoms with Gasteiger partial charge < -0.3 is 5.32 Å². The third-order valence-electron chi connectivity index (χ3n) is 3.01. The van der Waals surface area contributed by atoms with Crippen molar-refractivity contribution in [3.05, 3.63) is 53.6 Å². The normalized spacial score (nSPS) is 12.7. The number of thiophene rings is 1. The van der Waals surface area contributed by atoms with Gasteiger partial charge in [0.2, 0.25) is 0 Å². The molecule has 0 aliphatic rings. The lowest BCUT2D eigenvalue weighted by Crippen LogP contribution is -2.22. The summed E-state index contributed by atoms with van der Waals surface area (Å²) in [6, 6.07) is 8.54. The highest BCUT2D eigenvalue weighted by molar-refractivity contribution is 9.13. The molecule has 2 rings (SSSR count). The summed E-state index contributed by atoms with van der Waals surface area (Å²) in [6.07, 6.45) is 1.09. The van der Waals surface area contributed by atoms with Crippen LogP contribution in [0.1, 0.15) is 35.4 Å². The van der Waals surface area contributed by atoms with E-state index in [0.717, 1.165) is 31.8 Å². The highest BCUT2D eigenvalue weighted by Crippen LogP contribution is 2.39. The second kappa shape index (κ2) is 7.41. The van der Waals surface area contributed by atoms with E-state index in [4.69, 9.17) is 11.6 Å². The summed E-state index contributed by atoms with van der Waals surface area (Å²) in [5.74, 6) is 0. The highest BCUT2D eigenvalue weighted by Gasteiger charge is 2.19. The van der Waals surface area contributed by atoms with E-state index in [0.29, 0.717) is 0 Å². The standard InChI is InChI=1S/C15H16Br2ClNS/c1-3-6-19-14(13-8-11(16)15(17)20-13)10-5-4-9(2)7-12(10)18/h4-5,7-8,14,19H,3,6H2,1-2H3. The summed E-state index contributed by atoms with van der Waals surface area (Å²) >= 11 is 15.3. The molecule has 1 unspecified atom stereocenters. The lowest BCUT2D eigenvalue weighted by molar-refractivity contribution is 0.606. The van der Waals surface area contributed by atoms with Gasteiger partial charge in [-0.05, 0) is 75.0 Å². The summed E-state index contributed by atoms with van der Waals surface area (Å²) < 4.78 is 2.20. The molecule has 0 bridgehead atoms. The number of benzene rings is 1. The summed E-state index contributed by atoms with van der Waals surface area (Å²) in [5, 5.41) is 4.41. The molecule has 20 heavy (non-hydrogen) atoms. The molecule has 0 amide bonds. The summed E-state index contributed by atoms with van der Waals surface area (Å²) in [5.41, 5.74) is 2.31. The van der Waals surface area contributed by atoms with Gasteiger partial charge >= 0.3 is 0 Å². The van der Waals surface area contributed by atoms with Crippen molar-refractivity contribution in [3.8, 4) is 0 Å². The second-order valence-electron chi connectivity index (χ2n) is 4.68. The topological polar surface area (TPSA) is 12.0 Å². The predicted molar refractivity (Wildman–Crippen MR) is 96.0 cm³/mol. The van der Waals surface area contributed by atoms with Crippen molar-refractivity contribution in [1.82, 2.24) is 5.32 Å². The van der Waals surface area contributed by atoms with Gasteiger partial charge in [0.05, 0.1) is 9.83 Å². The fourth-order valence-corrected chi connectivity index (χ4v) is 4.55. The van der Waals surface area contributed by atoms with Gasteiger partial charge in [-0.15, -0.1) is 11.3 Å². The summed E-state index contributed by atoms with van der Waals surface area (Å²) in [7, 11) is 0. The Balaban J connectivity index is 2.41. The number of nitrogens with one attached hydrogen (secondary N) is 1. The van der Waals surface area contributed by atoms with Crippen LogP contribution < -0.4 is 5.32 Å². The Bertz CT molecular complexity index is 578. The first-order valence-corrected chi connectivity index (χ1v) is 9.25. The van der Waals surface area contributed by atoms with Crippen molar-refractivity contribution in [2.24, 2.45) is 0 Å². The van der Waals surface area contributed by atoms with Crippen LogP contribution in [0.25, 0.3) is 0 Å². The van der Waals surface area contributed by atoms with Crippen LogP contribution in [0, 0.1) is 6.92 Å². The molecular weight excluding hydrogens is 422 g/mol. The average molecular weight is 438 g/mol. The Morgan fingerprint density at radius 1 is 1.30 bits per heavy atom. The van der Waals surface area contributed by atoms with Crippen LogP contribution in [0.2, 0.25) is 5.02 Å². The largest absolute Gasteiger partial charge is 0.306 e. The molecule has 0 saturated heterocycles. The predicted octanol–water partition coefficient (Wildman–Crippen LogP) is 6.32. The van der Waals surface area contributed by atoms with Gasteiger partial charge in [-0.25, -0.2) is 0 Å². The Morgan fingerprint density at radius 3 is 2.60 bits per heavy atom. The molecule has 0 radical (unpaired) electrons. The molecule has 108 valence electrons.